The lowest BCUT2D eigenvalue weighted by atomic mass is 10.0. The second-order valence-electron chi connectivity index (χ2n) is 4.87. The number of aromatic nitrogens is 3. The Bertz CT molecular complexity index is 545. The minimum atomic E-state index is 0.123. The summed E-state index contributed by atoms with van der Waals surface area (Å²) < 4.78 is 5.21. The van der Waals surface area contributed by atoms with Gasteiger partial charge in [0.25, 0.3) is 0 Å². The SMILES string of the molecule is Cc1nccnc1C(C)NC(C)c1c(C)noc1C. The molecular weight excluding hydrogens is 240 g/mol. The first-order valence-corrected chi connectivity index (χ1v) is 6.47. The Morgan fingerprint density at radius 3 is 2.26 bits per heavy atom. The molecule has 0 bridgehead atoms. The fourth-order valence-electron chi connectivity index (χ4n) is 2.49. The van der Waals surface area contributed by atoms with Crippen LogP contribution in [0.5, 0.6) is 0 Å². The van der Waals surface area contributed by atoms with E-state index in [1.165, 1.54) is 0 Å². The van der Waals surface area contributed by atoms with Crippen LogP contribution in [0.2, 0.25) is 0 Å². The first kappa shape index (κ1) is 13.7. The molecule has 0 fully saturated rings. The van der Waals surface area contributed by atoms with Crippen molar-refractivity contribution in [1.29, 1.82) is 0 Å². The van der Waals surface area contributed by atoms with E-state index in [4.69, 9.17) is 4.52 Å². The van der Waals surface area contributed by atoms with Crippen molar-refractivity contribution < 1.29 is 4.52 Å². The molecule has 0 saturated heterocycles. The maximum atomic E-state index is 5.21. The molecule has 0 aliphatic carbocycles. The Morgan fingerprint density at radius 1 is 1.00 bits per heavy atom. The van der Waals surface area contributed by atoms with Crippen LogP contribution in [-0.4, -0.2) is 15.1 Å². The summed E-state index contributed by atoms with van der Waals surface area (Å²) in [6.07, 6.45) is 3.43. The van der Waals surface area contributed by atoms with Gasteiger partial charge < -0.3 is 9.84 Å². The van der Waals surface area contributed by atoms with Crippen LogP contribution in [0.1, 0.15) is 54.3 Å². The van der Waals surface area contributed by atoms with E-state index in [0.29, 0.717) is 0 Å². The minimum Gasteiger partial charge on any atom is -0.361 e. The molecule has 1 N–H and O–H groups in total. The van der Waals surface area contributed by atoms with Gasteiger partial charge in [0.15, 0.2) is 0 Å². The highest BCUT2D eigenvalue weighted by atomic mass is 16.5. The first-order chi connectivity index (χ1) is 9.00. The zero-order valence-electron chi connectivity index (χ0n) is 12.1. The number of nitrogens with one attached hydrogen (secondary N) is 1. The van der Waals surface area contributed by atoms with Gasteiger partial charge in [-0.25, -0.2) is 0 Å². The molecule has 0 spiro atoms. The van der Waals surface area contributed by atoms with Crippen LogP contribution in [0.3, 0.4) is 0 Å². The standard InChI is InChI=1S/C14H20N4O/c1-8(13-9(2)18-19-12(13)5)17-11(4)14-10(3)15-6-7-16-14/h6-8,11,17H,1-5H3. The predicted molar refractivity (Wildman–Crippen MR) is 72.7 cm³/mol. The van der Waals surface area contributed by atoms with Crippen molar-refractivity contribution in [1.82, 2.24) is 20.4 Å². The van der Waals surface area contributed by atoms with Crippen molar-refractivity contribution in [2.75, 3.05) is 0 Å². The highest BCUT2D eigenvalue weighted by Gasteiger charge is 2.19. The van der Waals surface area contributed by atoms with Crippen LogP contribution in [0.15, 0.2) is 16.9 Å². The molecule has 2 rings (SSSR count). The number of aryl methyl sites for hydroxylation is 3. The van der Waals surface area contributed by atoms with Gasteiger partial charge >= 0.3 is 0 Å². The molecule has 2 aromatic heterocycles. The lowest BCUT2D eigenvalue weighted by Gasteiger charge is -2.20. The summed E-state index contributed by atoms with van der Waals surface area (Å²) in [5.41, 5.74) is 3.98. The molecule has 19 heavy (non-hydrogen) atoms. The third-order valence-corrected chi connectivity index (χ3v) is 3.35. The summed E-state index contributed by atoms with van der Waals surface area (Å²) >= 11 is 0. The van der Waals surface area contributed by atoms with E-state index >= 15 is 0 Å². The van der Waals surface area contributed by atoms with Crippen molar-refractivity contribution in [2.45, 2.75) is 46.7 Å². The summed E-state index contributed by atoms with van der Waals surface area (Å²) in [6, 6.07) is 0.278. The lowest BCUT2D eigenvalue weighted by molar-refractivity contribution is 0.389. The van der Waals surface area contributed by atoms with Gasteiger partial charge in [0.2, 0.25) is 0 Å². The van der Waals surface area contributed by atoms with Crippen LogP contribution in [0, 0.1) is 20.8 Å². The summed E-state index contributed by atoms with van der Waals surface area (Å²) in [6.45, 7) is 10.1. The quantitative estimate of drug-likeness (QED) is 0.915. The average molecular weight is 260 g/mol. The Labute approximate surface area is 113 Å². The molecule has 2 aromatic rings. The fourth-order valence-corrected chi connectivity index (χ4v) is 2.49. The second-order valence-corrected chi connectivity index (χ2v) is 4.87. The molecule has 5 nitrogen and oxygen atoms in total. The molecular formula is C14H20N4O. The van der Waals surface area contributed by atoms with Crippen molar-refractivity contribution in [3.05, 3.63) is 40.8 Å². The Kier molecular flexibility index (Phi) is 3.95. The maximum absolute atomic E-state index is 5.21. The number of rotatable bonds is 4. The topological polar surface area (TPSA) is 63.8 Å². The smallest absolute Gasteiger partial charge is 0.138 e. The van der Waals surface area contributed by atoms with E-state index in [0.717, 1.165) is 28.4 Å². The largest absolute Gasteiger partial charge is 0.361 e. The molecule has 0 aromatic carbocycles. The third kappa shape index (κ3) is 2.81. The Hall–Kier alpha value is -1.75. The van der Waals surface area contributed by atoms with Crippen LogP contribution in [0.25, 0.3) is 0 Å². The van der Waals surface area contributed by atoms with E-state index in [9.17, 15) is 0 Å². The van der Waals surface area contributed by atoms with E-state index in [1.54, 1.807) is 12.4 Å². The highest BCUT2D eigenvalue weighted by molar-refractivity contribution is 5.25. The second kappa shape index (κ2) is 5.48. The molecule has 2 atom stereocenters. The van der Waals surface area contributed by atoms with Crippen LogP contribution < -0.4 is 5.32 Å². The van der Waals surface area contributed by atoms with Crippen LogP contribution in [-0.2, 0) is 0 Å². The maximum Gasteiger partial charge on any atom is 0.138 e. The van der Waals surface area contributed by atoms with Crippen molar-refractivity contribution in [3.8, 4) is 0 Å². The van der Waals surface area contributed by atoms with Crippen molar-refractivity contribution in [2.24, 2.45) is 0 Å². The van der Waals surface area contributed by atoms with E-state index in [-0.39, 0.29) is 12.1 Å². The average Bonchev–Trinajstić information content (AvgIpc) is 2.69. The number of hydrogen-bond acceptors (Lipinski definition) is 5. The van der Waals surface area contributed by atoms with Crippen LogP contribution in [0.4, 0.5) is 0 Å². The third-order valence-electron chi connectivity index (χ3n) is 3.35. The molecule has 5 heteroatoms. The molecule has 2 unspecified atom stereocenters. The van der Waals surface area contributed by atoms with E-state index in [2.05, 4.69) is 34.3 Å². The summed E-state index contributed by atoms with van der Waals surface area (Å²) in [4.78, 5) is 8.67. The van der Waals surface area contributed by atoms with Gasteiger partial charge in [-0.2, -0.15) is 0 Å². The van der Waals surface area contributed by atoms with Gasteiger partial charge in [-0.05, 0) is 34.6 Å². The van der Waals surface area contributed by atoms with Gasteiger partial charge in [0.1, 0.15) is 5.76 Å². The summed E-state index contributed by atoms with van der Waals surface area (Å²) in [5, 5.41) is 7.51. The molecule has 0 aliphatic rings. The fraction of sp³-hybridized carbons (Fsp3) is 0.500. The molecule has 0 aliphatic heterocycles. The molecule has 102 valence electrons. The first-order valence-electron chi connectivity index (χ1n) is 6.47. The van der Waals surface area contributed by atoms with Gasteiger partial charge in [-0.3, -0.25) is 9.97 Å². The highest BCUT2D eigenvalue weighted by Crippen LogP contribution is 2.24. The Morgan fingerprint density at radius 2 is 1.68 bits per heavy atom. The summed E-state index contributed by atoms with van der Waals surface area (Å²) in [5.74, 6) is 0.862. The van der Waals surface area contributed by atoms with Gasteiger partial charge in [0.05, 0.1) is 17.1 Å². The van der Waals surface area contributed by atoms with Gasteiger partial charge in [-0.15, -0.1) is 0 Å². The molecule has 2 heterocycles. The molecule has 0 saturated carbocycles. The monoisotopic (exact) mass is 260 g/mol. The zero-order valence-corrected chi connectivity index (χ0v) is 12.1. The predicted octanol–water partition coefficient (Wildman–Crippen LogP) is 2.80. The van der Waals surface area contributed by atoms with Gasteiger partial charge in [-0.1, -0.05) is 5.16 Å². The summed E-state index contributed by atoms with van der Waals surface area (Å²) in [7, 11) is 0. The van der Waals surface area contributed by atoms with Crippen molar-refractivity contribution >= 4 is 0 Å². The minimum absolute atomic E-state index is 0.123. The van der Waals surface area contributed by atoms with Crippen LogP contribution >= 0.6 is 0 Å². The van der Waals surface area contributed by atoms with Crippen molar-refractivity contribution in [3.63, 3.8) is 0 Å². The Balaban J connectivity index is 2.16. The zero-order chi connectivity index (χ0) is 14.0. The molecule has 0 amide bonds. The molecule has 0 radical (unpaired) electrons. The van der Waals surface area contributed by atoms with E-state index in [1.807, 2.05) is 20.8 Å². The normalized spacial score (nSPS) is 14.4. The lowest BCUT2D eigenvalue weighted by Crippen LogP contribution is -2.24. The van der Waals surface area contributed by atoms with Gasteiger partial charge in [0, 0.05) is 30.0 Å². The number of nitrogens with zero attached hydrogens (tertiary/aromatic N) is 3. The van der Waals surface area contributed by atoms with E-state index < -0.39 is 0 Å². The number of hydrogen-bond donors (Lipinski definition) is 1.